The van der Waals surface area contributed by atoms with Crippen LogP contribution in [0, 0.1) is 0 Å². The first-order chi connectivity index (χ1) is 8.22. The number of hydrogen-bond acceptors (Lipinski definition) is 2. The van der Waals surface area contributed by atoms with Gasteiger partial charge in [-0.3, -0.25) is 0 Å². The molecule has 2 aliphatic rings. The zero-order chi connectivity index (χ0) is 12.4. The Balaban J connectivity index is 2.19. The molecular weight excluding hydrogens is 228 g/mol. The van der Waals surface area contributed by atoms with Crippen molar-refractivity contribution in [1.82, 2.24) is 0 Å². The maximum absolute atomic E-state index is 6.50. The molecule has 17 heavy (non-hydrogen) atoms. The van der Waals surface area contributed by atoms with Gasteiger partial charge in [0.25, 0.3) is 0 Å². The van der Waals surface area contributed by atoms with Crippen molar-refractivity contribution >= 4 is 8.07 Å². The van der Waals surface area contributed by atoms with Gasteiger partial charge in [-0.2, -0.15) is 0 Å². The Morgan fingerprint density at radius 2 is 1.94 bits per heavy atom. The fraction of sp³-hybridized carbons (Fsp3) is 1.00. The lowest BCUT2D eigenvalue weighted by Crippen LogP contribution is -2.63. The summed E-state index contributed by atoms with van der Waals surface area (Å²) in [5, 5.41) is 0.222. The minimum Gasteiger partial charge on any atom is -0.352 e. The second kappa shape index (κ2) is 5.41. The van der Waals surface area contributed by atoms with Crippen LogP contribution in [-0.4, -0.2) is 26.2 Å². The third kappa shape index (κ3) is 2.22. The molecule has 0 aromatic carbocycles. The molecule has 0 spiro atoms. The van der Waals surface area contributed by atoms with Crippen LogP contribution in [0.3, 0.4) is 0 Å². The lowest BCUT2D eigenvalue weighted by molar-refractivity contribution is -0.252. The zero-order valence-corrected chi connectivity index (χ0v) is 12.8. The molecule has 0 saturated carbocycles. The molecule has 2 fully saturated rings. The van der Waals surface area contributed by atoms with Crippen molar-refractivity contribution in [2.75, 3.05) is 6.61 Å². The van der Waals surface area contributed by atoms with E-state index in [0.717, 1.165) is 13.0 Å². The van der Waals surface area contributed by atoms with Crippen molar-refractivity contribution in [2.24, 2.45) is 0 Å². The molecule has 2 nitrogen and oxygen atoms in total. The van der Waals surface area contributed by atoms with Crippen molar-refractivity contribution in [1.29, 1.82) is 0 Å². The van der Waals surface area contributed by atoms with Gasteiger partial charge in [-0.05, 0) is 12.8 Å². The quantitative estimate of drug-likeness (QED) is 0.689. The Morgan fingerprint density at radius 1 is 1.24 bits per heavy atom. The van der Waals surface area contributed by atoms with Crippen molar-refractivity contribution in [3.05, 3.63) is 0 Å². The van der Waals surface area contributed by atoms with Crippen LogP contribution in [0.2, 0.25) is 18.1 Å². The highest BCUT2D eigenvalue weighted by Gasteiger charge is 2.53. The summed E-state index contributed by atoms with van der Waals surface area (Å²) >= 11 is 0. The molecule has 0 N–H and O–H groups in total. The van der Waals surface area contributed by atoms with E-state index in [4.69, 9.17) is 9.47 Å². The Labute approximate surface area is 107 Å². The maximum Gasteiger partial charge on any atom is 0.160 e. The molecule has 0 aliphatic carbocycles. The van der Waals surface area contributed by atoms with E-state index >= 15 is 0 Å². The number of rotatable bonds is 5. The van der Waals surface area contributed by atoms with E-state index in [1.165, 1.54) is 43.8 Å². The Morgan fingerprint density at radius 3 is 2.41 bits per heavy atom. The average molecular weight is 256 g/mol. The first-order valence-corrected chi connectivity index (χ1v) is 10.1. The topological polar surface area (TPSA) is 18.5 Å². The van der Waals surface area contributed by atoms with Crippen molar-refractivity contribution in [3.63, 3.8) is 0 Å². The highest BCUT2D eigenvalue weighted by atomic mass is 28.3. The van der Waals surface area contributed by atoms with Crippen LogP contribution in [0.1, 0.15) is 52.9 Å². The van der Waals surface area contributed by atoms with Crippen molar-refractivity contribution in [3.8, 4) is 0 Å². The Hall–Kier alpha value is 0.137. The second-order valence-electron chi connectivity index (χ2n) is 5.75. The summed E-state index contributed by atoms with van der Waals surface area (Å²) in [6.07, 6.45) is 6.51. The second-order valence-corrected chi connectivity index (χ2v) is 11.1. The molecule has 0 bridgehead atoms. The van der Waals surface area contributed by atoms with E-state index in [1.54, 1.807) is 0 Å². The molecule has 2 atom stereocenters. The van der Waals surface area contributed by atoms with Gasteiger partial charge in [0.2, 0.25) is 0 Å². The van der Waals surface area contributed by atoms with E-state index in [1.807, 2.05) is 0 Å². The smallest absolute Gasteiger partial charge is 0.160 e. The fourth-order valence-electron chi connectivity index (χ4n) is 3.99. The fourth-order valence-corrected chi connectivity index (χ4v) is 9.71. The average Bonchev–Trinajstić information content (AvgIpc) is 2.34. The van der Waals surface area contributed by atoms with E-state index < -0.39 is 8.07 Å². The van der Waals surface area contributed by atoms with E-state index in [9.17, 15) is 0 Å². The predicted molar refractivity (Wildman–Crippen MR) is 73.8 cm³/mol. The molecule has 0 radical (unpaired) electrons. The molecule has 3 heteroatoms. The highest BCUT2D eigenvalue weighted by molar-refractivity contribution is 6.82. The number of ether oxygens (including phenoxy) is 2. The third-order valence-electron chi connectivity index (χ3n) is 5.39. The maximum atomic E-state index is 6.50. The minimum atomic E-state index is -1.26. The van der Waals surface area contributed by atoms with Gasteiger partial charge in [0, 0.05) is 6.42 Å². The summed E-state index contributed by atoms with van der Waals surface area (Å²) in [4.78, 5) is 0. The van der Waals surface area contributed by atoms with Crippen LogP contribution in [0.5, 0.6) is 0 Å². The molecule has 2 saturated heterocycles. The van der Waals surface area contributed by atoms with Crippen LogP contribution in [0.25, 0.3) is 0 Å². The SMILES string of the molecule is CCC1(OC2CCO2)CCCC[Si]1(CC)CC. The Bertz CT molecular complexity index is 249. The number of hydrogen-bond donors (Lipinski definition) is 0. The van der Waals surface area contributed by atoms with E-state index in [0.29, 0.717) is 0 Å². The van der Waals surface area contributed by atoms with Gasteiger partial charge in [0.05, 0.1) is 19.9 Å². The lowest BCUT2D eigenvalue weighted by atomic mass is 10.1. The molecule has 100 valence electrons. The summed E-state index contributed by atoms with van der Waals surface area (Å²) in [7, 11) is -1.26. The van der Waals surface area contributed by atoms with Gasteiger partial charge in [0.1, 0.15) is 0 Å². The van der Waals surface area contributed by atoms with Crippen LogP contribution in [0.4, 0.5) is 0 Å². The van der Waals surface area contributed by atoms with Gasteiger partial charge in [-0.1, -0.05) is 51.7 Å². The van der Waals surface area contributed by atoms with Crippen LogP contribution in [-0.2, 0) is 9.47 Å². The standard InChI is InChI=1S/C14H28O2Si/c1-4-14(16-13-9-11-15-13)10-7-8-12-17(14,5-2)6-3/h13H,4-12H2,1-3H3. The van der Waals surface area contributed by atoms with E-state index in [2.05, 4.69) is 20.8 Å². The van der Waals surface area contributed by atoms with Gasteiger partial charge in [0.15, 0.2) is 6.29 Å². The molecule has 0 amide bonds. The van der Waals surface area contributed by atoms with Crippen LogP contribution >= 0.6 is 0 Å². The molecule has 2 unspecified atom stereocenters. The summed E-state index contributed by atoms with van der Waals surface area (Å²) in [6.45, 7) is 8.03. The molecule has 2 aliphatic heterocycles. The van der Waals surface area contributed by atoms with Gasteiger partial charge >= 0.3 is 0 Å². The first-order valence-electron chi connectivity index (χ1n) is 7.51. The van der Waals surface area contributed by atoms with Gasteiger partial charge < -0.3 is 9.47 Å². The zero-order valence-electron chi connectivity index (χ0n) is 11.8. The summed E-state index contributed by atoms with van der Waals surface area (Å²) in [5.74, 6) is 0. The summed E-state index contributed by atoms with van der Waals surface area (Å²) in [6, 6.07) is 4.23. The summed E-state index contributed by atoms with van der Waals surface area (Å²) in [5.41, 5.74) is 0. The first kappa shape index (κ1) is 13.6. The van der Waals surface area contributed by atoms with Crippen LogP contribution in [0.15, 0.2) is 0 Å². The molecule has 2 heterocycles. The predicted octanol–water partition coefficient (Wildman–Crippen LogP) is 4.11. The molecule has 2 rings (SSSR count). The van der Waals surface area contributed by atoms with Crippen LogP contribution < -0.4 is 0 Å². The van der Waals surface area contributed by atoms with Crippen molar-refractivity contribution < 1.29 is 9.47 Å². The largest absolute Gasteiger partial charge is 0.352 e. The Kier molecular flexibility index (Phi) is 4.32. The minimum absolute atomic E-state index is 0.123. The molecule has 0 aromatic heterocycles. The normalized spacial score (nSPS) is 36.5. The summed E-state index contributed by atoms with van der Waals surface area (Å²) < 4.78 is 12.0. The lowest BCUT2D eigenvalue weighted by Gasteiger charge is -2.53. The van der Waals surface area contributed by atoms with Gasteiger partial charge in [-0.25, -0.2) is 0 Å². The monoisotopic (exact) mass is 256 g/mol. The molecule has 0 aromatic rings. The van der Waals surface area contributed by atoms with Crippen molar-refractivity contribution in [2.45, 2.75) is 82.5 Å². The molecular formula is C14H28O2Si. The third-order valence-corrected chi connectivity index (χ3v) is 12.1. The van der Waals surface area contributed by atoms with E-state index in [-0.39, 0.29) is 11.5 Å². The van der Waals surface area contributed by atoms with Gasteiger partial charge in [-0.15, -0.1) is 0 Å². The highest BCUT2D eigenvalue weighted by Crippen LogP contribution is 2.47.